The van der Waals surface area contributed by atoms with Crippen molar-refractivity contribution in [1.29, 1.82) is 0 Å². The molecule has 1 heterocycles. The van der Waals surface area contributed by atoms with E-state index in [-0.39, 0.29) is 11.6 Å². The van der Waals surface area contributed by atoms with Gasteiger partial charge in [-0.15, -0.1) is 0 Å². The van der Waals surface area contributed by atoms with Gasteiger partial charge in [0.25, 0.3) is 0 Å². The fourth-order valence-corrected chi connectivity index (χ4v) is 2.82. The van der Waals surface area contributed by atoms with Crippen LogP contribution in [0.2, 0.25) is 0 Å². The minimum Gasteiger partial charge on any atom is -0.497 e. The molecule has 1 aromatic carbocycles. The van der Waals surface area contributed by atoms with Crippen molar-refractivity contribution in [1.82, 2.24) is 0 Å². The Morgan fingerprint density at radius 2 is 1.85 bits per heavy atom. The second-order valence-corrected chi connectivity index (χ2v) is 5.37. The number of aryl methyl sites for hydroxylation is 1. The van der Waals surface area contributed by atoms with E-state index >= 15 is 0 Å². The van der Waals surface area contributed by atoms with Gasteiger partial charge in [0, 0.05) is 39.2 Å². The average molecular weight is 279 g/mol. The molecule has 0 bridgehead atoms. The molecule has 1 aliphatic rings. The summed E-state index contributed by atoms with van der Waals surface area (Å²) in [6.45, 7) is 1.48. The van der Waals surface area contributed by atoms with Crippen LogP contribution in [-0.4, -0.2) is 39.1 Å². The highest BCUT2D eigenvalue weighted by Crippen LogP contribution is 2.29. The number of hydrogen-bond acceptors (Lipinski definition) is 4. The van der Waals surface area contributed by atoms with Gasteiger partial charge < -0.3 is 19.9 Å². The monoisotopic (exact) mass is 279 g/mol. The van der Waals surface area contributed by atoms with Gasteiger partial charge in [-0.3, -0.25) is 0 Å². The summed E-state index contributed by atoms with van der Waals surface area (Å²) in [6.07, 6.45) is 3.64. The molecule has 0 spiro atoms. The van der Waals surface area contributed by atoms with Crippen LogP contribution in [0.4, 0.5) is 0 Å². The Morgan fingerprint density at radius 1 is 1.20 bits per heavy atom. The van der Waals surface area contributed by atoms with Crippen LogP contribution in [0.3, 0.4) is 0 Å². The summed E-state index contributed by atoms with van der Waals surface area (Å²) in [5.74, 6) is 0.885. The number of nitrogens with two attached hydrogens (primary N) is 1. The third-order valence-corrected chi connectivity index (χ3v) is 4.32. The van der Waals surface area contributed by atoms with Gasteiger partial charge in [-0.2, -0.15) is 0 Å². The molecule has 0 amide bonds. The molecule has 2 rings (SSSR count). The molecule has 1 unspecified atom stereocenters. The van der Waals surface area contributed by atoms with Gasteiger partial charge in [0.1, 0.15) is 5.75 Å². The second-order valence-electron chi connectivity index (χ2n) is 5.37. The van der Waals surface area contributed by atoms with Crippen molar-refractivity contribution in [2.75, 3.05) is 27.4 Å². The fraction of sp³-hybridized carbons (Fsp3) is 0.625. The van der Waals surface area contributed by atoms with Crippen LogP contribution in [0, 0.1) is 0 Å². The Kier molecular flexibility index (Phi) is 5.40. The summed E-state index contributed by atoms with van der Waals surface area (Å²) in [4.78, 5) is 0. The zero-order chi connectivity index (χ0) is 14.4. The molecule has 0 aliphatic carbocycles. The summed E-state index contributed by atoms with van der Waals surface area (Å²) in [5.41, 5.74) is 7.45. The Morgan fingerprint density at radius 3 is 2.40 bits per heavy atom. The first-order valence-corrected chi connectivity index (χ1v) is 7.21. The first kappa shape index (κ1) is 15.3. The molecule has 1 fully saturated rings. The number of rotatable bonds is 6. The van der Waals surface area contributed by atoms with E-state index in [1.165, 1.54) is 5.56 Å². The highest BCUT2D eigenvalue weighted by Gasteiger charge is 2.38. The minimum atomic E-state index is -0.218. The lowest BCUT2D eigenvalue weighted by atomic mass is 9.83. The molecule has 4 heteroatoms. The Labute approximate surface area is 121 Å². The maximum absolute atomic E-state index is 6.39. The van der Waals surface area contributed by atoms with E-state index in [0.29, 0.717) is 0 Å². The number of ether oxygens (including phenoxy) is 3. The molecule has 0 aromatic heterocycles. The van der Waals surface area contributed by atoms with E-state index < -0.39 is 0 Å². The lowest BCUT2D eigenvalue weighted by molar-refractivity contribution is -0.105. The zero-order valence-corrected chi connectivity index (χ0v) is 12.4. The largest absolute Gasteiger partial charge is 0.497 e. The second kappa shape index (κ2) is 7.07. The third kappa shape index (κ3) is 3.51. The molecule has 1 aromatic rings. The highest BCUT2D eigenvalue weighted by atomic mass is 16.5. The van der Waals surface area contributed by atoms with Crippen LogP contribution >= 0.6 is 0 Å². The van der Waals surface area contributed by atoms with E-state index in [2.05, 4.69) is 12.1 Å². The Bertz CT molecular complexity index is 399. The van der Waals surface area contributed by atoms with E-state index in [4.69, 9.17) is 19.9 Å². The van der Waals surface area contributed by atoms with Crippen molar-refractivity contribution in [3.8, 4) is 5.75 Å². The van der Waals surface area contributed by atoms with Gasteiger partial charge >= 0.3 is 0 Å². The predicted molar refractivity (Wildman–Crippen MR) is 79.1 cm³/mol. The van der Waals surface area contributed by atoms with Crippen molar-refractivity contribution in [2.45, 2.75) is 37.3 Å². The fourth-order valence-electron chi connectivity index (χ4n) is 2.82. The first-order valence-electron chi connectivity index (χ1n) is 7.21. The van der Waals surface area contributed by atoms with Crippen molar-refractivity contribution in [3.05, 3.63) is 29.8 Å². The van der Waals surface area contributed by atoms with Gasteiger partial charge in [-0.1, -0.05) is 12.1 Å². The van der Waals surface area contributed by atoms with E-state index in [9.17, 15) is 0 Å². The van der Waals surface area contributed by atoms with Gasteiger partial charge in [0.05, 0.1) is 12.7 Å². The molecule has 112 valence electrons. The van der Waals surface area contributed by atoms with E-state index in [1.54, 1.807) is 14.2 Å². The van der Waals surface area contributed by atoms with Crippen molar-refractivity contribution in [2.24, 2.45) is 5.73 Å². The lowest BCUT2D eigenvalue weighted by Crippen LogP contribution is -2.53. The predicted octanol–water partition coefficient (Wildman–Crippen LogP) is 2.15. The molecule has 1 aliphatic heterocycles. The quantitative estimate of drug-likeness (QED) is 0.867. The summed E-state index contributed by atoms with van der Waals surface area (Å²) >= 11 is 0. The SMILES string of the molecule is COc1ccc(CCC(N)C2(OC)CCOCC2)cc1. The summed E-state index contributed by atoms with van der Waals surface area (Å²) in [7, 11) is 3.44. The van der Waals surface area contributed by atoms with Crippen LogP contribution in [0.15, 0.2) is 24.3 Å². The molecule has 4 nitrogen and oxygen atoms in total. The van der Waals surface area contributed by atoms with Crippen molar-refractivity contribution < 1.29 is 14.2 Å². The van der Waals surface area contributed by atoms with Gasteiger partial charge in [0.15, 0.2) is 0 Å². The zero-order valence-electron chi connectivity index (χ0n) is 12.4. The molecule has 1 atom stereocenters. The van der Waals surface area contributed by atoms with Crippen LogP contribution in [-0.2, 0) is 15.9 Å². The number of methoxy groups -OCH3 is 2. The van der Waals surface area contributed by atoms with Crippen LogP contribution in [0.5, 0.6) is 5.75 Å². The molecule has 20 heavy (non-hydrogen) atoms. The topological polar surface area (TPSA) is 53.7 Å². The molecular weight excluding hydrogens is 254 g/mol. The minimum absolute atomic E-state index is 0.0403. The normalized spacial score (nSPS) is 19.6. The van der Waals surface area contributed by atoms with Crippen molar-refractivity contribution in [3.63, 3.8) is 0 Å². The first-order chi connectivity index (χ1) is 9.70. The van der Waals surface area contributed by atoms with E-state index in [1.807, 2.05) is 12.1 Å². The molecule has 1 saturated heterocycles. The summed E-state index contributed by atoms with van der Waals surface area (Å²) in [5, 5.41) is 0. The van der Waals surface area contributed by atoms with Gasteiger partial charge in [0.2, 0.25) is 0 Å². The number of hydrogen-bond donors (Lipinski definition) is 1. The van der Waals surface area contributed by atoms with Crippen molar-refractivity contribution >= 4 is 0 Å². The number of benzene rings is 1. The molecule has 0 saturated carbocycles. The van der Waals surface area contributed by atoms with Crippen LogP contribution < -0.4 is 10.5 Å². The molecular formula is C16H25NO3. The highest BCUT2D eigenvalue weighted by molar-refractivity contribution is 5.27. The Balaban J connectivity index is 1.91. The molecule has 0 radical (unpaired) electrons. The standard InChI is InChI=1S/C16H25NO3/c1-18-14-6-3-13(4-7-14)5-8-15(17)16(19-2)9-11-20-12-10-16/h3-4,6-7,15H,5,8-12,17H2,1-2H3. The summed E-state index contributed by atoms with van der Waals surface area (Å²) < 4.78 is 16.3. The van der Waals surface area contributed by atoms with Crippen LogP contribution in [0.25, 0.3) is 0 Å². The molecule has 2 N–H and O–H groups in total. The van der Waals surface area contributed by atoms with Crippen LogP contribution in [0.1, 0.15) is 24.8 Å². The average Bonchev–Trinajstić information content (AvgIpc) is 2.53. The van der Waals surface area contributed by atoms with Gasteiger partial charge in [-0.05, 0) is 30.5 Å². The maximum Gasteiger partial charge on any atom is 0.118 e. The Hall–Kier alpha value is -1.10. The summed E-state index contributed by atoms with van der Waals surface area (Å²) in [6, 6.07) is 8.20. The maximum atomic E-state index is 6.39. The van der Waals surface area contributed by atoms with E-state index in [0.717, 1.165) is 44.6 Å². The lowest BCUT2D eigenvalue weighted by Gasteiger charge is -2.40. The smallest absolute Gasteiger partial charge is 0.118 e. The van der Waals surface area contributed by atoms with Gasteiger partial charge in [-0.25, -0.2) is 0 Å². The third-order valence-electron chi connectivity index (χ3n) is 4.32.